The lowest BCUT2D eigenvalue weighted by Gasteiger charge is -2.34. The Morgan fingerprint density at radius 3 is 2.69 bits per heavy atom. The minimum Gasteiger partial charge on any atom is -0.374 e. The van der Waals surface area contributed by atoms with E-state index in [-0.39, 0.29) is 0 Å². The first-order valence-electron chi connectivity index (χ1n) is 6.75. The molecular weight excluding hydrogens is 200 g/mol. The molecule has 16 heavy (non-hydrogen) atoms. The van der Waals surface area contributed by atoms with Gasteiger partial charge in [0.15, 0.2) is 0 Å². The van der Waals surface area contributed by atoms with E-state index in [9.17, 15) is 0 Å². The first-order valence-corrected chi connectivity index (χ1v) is 6.75. The van der Waals surface area contributed by atoms with Crippen LogP contribution in [0.4, 0.5) is 0 Å². The average molecular weight is 226 g/mol. The van der Waals surface area contributed by atoms with E-state index in [0.29, 0.717) is 12.1 Å². The van der Waals surface area contributed by atoms with Gasteiger partial charge in [0.1, 0.15) is 0 Å². The van der Waals surface area contributed by atoms with Crippen molar-refractivity contribution in [2.45, 2.75) is 39.3 Å². The molecular formula is C13H26N2O. The molecule has 0 bridgehead atoms. The number of nitrogens with one attached hydrogen (secondary N) is 1. The zero-order valence-corrected chi connectivity index (χ0v) is 10.9. The van der Waals surface area contributed by atoms with E-state index in [4.69, 9.17) is 4.74 Å². The van der Waals surface area contributed by atoms with Crippen molar-refractivity contribution in [3.63, 3.8) is 0 Å². The van der Waals surface area contributed by atoms with Gasteiger partial charge in [-0.05, 0) is 31.7 Å². The van der Waals surface area contributed by atoms with Crippen molar-refractivity contribution in [3.05, 3.63) is 0 Å². The predicted octanol–water partition coefficient (Wildman–Crippen LogP) is 1.34. The molecule has 2 rings (SSSR count). The monoisotopic (exact) mass is 226 g/mol. The molecule has 2 heterocycles. The SMILES string of the molecule is CC(C)C1CCN(C(C)C2CNCCO2)C1. The van der Waals surface area contributed by atoms with Gasteiger partial charge in [-0.3, -0.25) is 4.90 Å². The van der Waals surface area contributed by atoms with E-state index in [0.717, 1.165) is 31.5 Å². The van der Waals surface area contributed by atoms with Gasteiger partial charge in [-0.2, -0.15) is 0 Å². The Hall–Kier alpha value is -0.120. The second-order valence-corrected chi connectivity index (χ2v) is 5.64. The minimum absolute atomic E-state index is 0.389. The Labute approximate surface area is 99.5 Å². The number of nitrogens with zero attached hydrogens (tertiary/aromatic N) is 1. The van der Waals surface area contributed by atoms with Crippen molar-refractivity contribution in [1.29, 1.82) is 0 Å². The molecule has 2 fully saturated rings. The Morgan fingerprint density at radius 1 is 1.31 bits per heavy atom. The van der Waals surface area contributed by atoms with Crippen LogP contribution in [0.1, 0.15) is 27.2 Å². The molecule has 3 heteroatoms. The van der Waals surface area contributed by atoms with Crippen LogP contribution in [0.25, 0.3) is 0 Å². The molecule has 0 aromatic heterocycles. The molecule has 0 spiro atoms. The molecule has 3 nitrogen and oxygen atoms in total. The maximum absolute atomic E-state index is 5.84. The summed E-state index contributed by atoms with van der Waals surface area (Å²) in [6, 6.07) is 0.566. The fraction of sp³-hybridized carbons (Fsp3) is 1.00. The summed E-state index contributed by atoms with van der Waals surface area (Å²) in [5, 5.41) is 3.42. The van der Waals surface area contributed by atoms with E-state index >= 15 is 0 Å². The Balaban J connectivity index is 1.83. The third-order valence-electron chi connectivity index (χ3n) is 4.27. The van der Waals surface area contributed by atoms with Crippen LogP contribution in [0, 0.1) is 11.8 Å². The molecule has 0 aliphatic carbocycles. The smallest absolute Gasteiger partial charge is 0.0852 e. The van der Waals surface area contributed by atoms with Gasteiger partial charge < -0.3 is 10.1 Å². The maximum atomic E-state index is 5.84. The molecule has 3 unspecified atom stereocenters. The highest BCUT2D eigenvalue weighted by Gasteiger charge is 2.32. The second kappa shape index (κ2) is 5.48. The van der Waals surface area contributed by atoms with E-state index in [1.54, 1.807) is 0 Å². The molecule has 0 aromatic carbocycles. The molecule has 2 aliphatic rings. The third kappa shape index (κ3) is 2.76. The van der Waals surface area contributed by atoms with Gasteiger partial charge in [-0.15, -0.1) is 0 Å². The van der Waals surface area contributed by atoms with Crippen molar-refractivity contribution in [2.75, 3.05) is 32.8 Å². The summed E-state index contributed by atoms with van der Waals surface area (Å²) in [5.74, 6) is 1.71. The van der Waals surface area contributed by atoms with Gasteiger partial charge in [0.2, 0.25) is 0 Å². The van der Waals surface area contributed by atoms with Gasteiger partial charge in [0.05, 0.1) is 12.7 Å². The number of likely N-dealkylation sites (tertiary alicyclic amines) is 1. The fourth-order valence-electron chi connectivity index (χ4n) is 2.86. The van der Waals surface area contributed by atoms with Crippen LogP contribution in [0.3, 0.4) is 0 Å². The minimum atomic E-state index is 0.389. The van der Waals surface area contributed by atoms with E-state index in [1.165, 1.54) is 19.5 Å². The summed E-state index contributed by atoms with van der Waals surface area (Å²) in [7, 11) is 0. The van der Waals surface area contributed by atoms with Gasteiger partial charge >= 0.3 is 0 Å². The highest BCUT2D eigenvalue weighted by molar-refractivity contribution is 4.86. The molecule has 94 valence electrons. The third-order valence-corrected chi connectivity index (χ3v) is 4.27. The van der Waals surface area contributed by atoms with Gasteiger partial charge in [0, 0.05) is 25.7 Å². The summed E-state index contributed by atoms with van der Waals surface area (Å²) >= 11 is 0. The van der Waals surface area contributed by atoms with Crippen LogP contribution in [-0.4, -0.2) is 49.8 Å². The lowest BCUT2D eigenvalue weighted by atomic mass is 9.95. The summed E-state index contributed by atoms with van der Waals surface area (Å²) in [5.41, 5.74) is 0. The van der Waals surface area contributed by atoms with Crippen LogP contribution < -0.4 is 5.32 Å². The van der Waals surface area contributed by atoms with Crippen LogP contribution in [0.5, 0.6) is 0 Å². The summed E-state index contributed by atoms with van der Waals surface area (Å²) in [6.07, 6.45) is 1.75. The van der Waals surface area contributed by atoms with Crippen molar-refractivity contribution in [2.24, 2.45) is 11.8 Å². The first kappa shape index (κ1) is 12.3. The van der Waals surface area contributed by atoms with Crippen LogP contribution in [0.15, 0.2) is 0 Å². The van der Waals surface area contributed by atoms with Crippen molar-refractivity contribution < 1.29 is 4.74 Å². The fourth-order valence-corrected chi connectivity index (χ4v) is 2.86. The van der Waals surface area contributed by atoms with Gasteiger partial charge in [-0.1, -0.05) is 13.8 Å². The van der Waals surface area contributed by atoms with Crippen LogP contribution in [-0.2, 0) is 4.74 Å². The lowest BCUT2D eigenvalue weighted by molar-refractivity contribution is -0.0217. The number of morpholine rings is 1. The van der Waals surface area contributed by atoms with Gasteiger partial charge in [0.25, 0.3) is 0 Å². The average Bonchev–Trinajstić information content (AvgIpc) is 2.78. The highest BCUT2D eigenvalue weighted by atomic mass is 16.5. The molecule has 0 radical (unpaired) electrons. The first-order chi connectivity index (χ1) is 7.68. The van der Waals surface area contributed by atoms with E-state index < -0.39 is 0 Å². The van der Waals surface area contributed by atoms with Gasteiger partial charge in [-0.25, -0.2) is 0 Å². The Morgan fingerprint density at radius 2 is 2.12 bits per heavy atom. The van der Waals surface area contributed by atoms with E-state index in [1.807, 2.05) is 0 Å². The standard InChI is InChI=1S/C13H26N2O/c1-10(2)12-4-6-15(9-12)11(3)13-8-14-5-7-16-13/h10-14H,4-9H2,1-3H3. The van der Waals surface area contributed by atoms with Crippen molar-refractivity contribution in [3.8, 4) is 0 Å². The molecule has 3 atom stereocenters. The quantitative estimate of drug-likeness (QED) is 0.786. The number of ether oxygens (including phenoxy) is 1. The molecule has 0 amide bonds. The topological polar surface area (TPSA) is 24.5 Å². The zero-order valence-electron chi connectivity index (χ0n) is 10.9. The molecule has 1 N–H and O–H groups in total. The molecule has 2 saturated heterocycles. The van der Waals surface area contributed by atoms with Crippen molar-refractivity contribution in [1.82, 2.24) is 10.2 Å². The number of rotatable bonds is 3. The Bertz CT molecular complexity index is 214. The molecule has 0 aromatic rings. The van der Waals surface area contributed by atoms with Crippen LogP contribution in [0.2, 0.25) is 0 Å². The lowest BCUT2D eigenvalue weighted by Crippen LogP contribution is -2.50. The highest BCUT2D eigenvalue weighted by Crippen LogP contribution is 2.26. The Kier molecular flexibility index (Phi) is 4.22. The largest absolute Gasteiger partial charge is 0.374 e. The number of hydrogen-bond acceptors (Lipinski definition) is 3. The van der Waals surface area contributed by atoms with Crippen LogP contribution >= 0.6 is 0 Å². The van der Waals surface area contributed by atoms with Crippen molar-refractivity contribution >= 4 is 0 Å². The summed E-state index contributed by atoms with van der Waals surface area (Å²) < 4.78 is 5.84. The normalized spacial score (nSPS) is 34.5. The zero-order chi connectivity index (χ0) is 11.5. The molecule has 2 aliphatic heterocycles. The summed E-state index contributed by atoms with van der Waals surface area (Å²) in [4.78, 5) is 2.61. The maximum Gasteiger partial charge on any atom is 0.0852 e. The van der Waals surface area contributed by atoms with E-state index in [2.05, 4.69) is 31.0 Å². The second-order valence-electron chi connectivity index (χ2n) is 5.64. The predicted molar refractivity (Wildman–Crippen MR) is 66.6 cm³/mol. The molecule has 0 saturated carbocycles. The summed E-state index contributed by atoms with van der Waals surface area (Å²) in [6.45, 7) is 12.4. The number of hydrogen-bond donors (Lipinski definition) is 1.